The third-order valence-electron chi connectivity index (χ3n) is 7.21. The number of aliphatic hydroxyl groups excluding tert-OH is 1. The predicted octanol–water partition coefficient (Wildman–Crippen LogP) is 7.11. The van der Waals surface area contributed by atoms with E-state index in [1.807, 2.05) is 62.4 Å². The Bertz CT molecular complexity index is 1370. The van der Waals surface area contributed by atoms with Crippen LogP contribution in [-0.4, -0.2) is 48.1 Å². The fraction of sp³-hybridized carbons (Fsp3) is 0.371. The van der Waals surface area contributed by atoms with Crippen molar-refractivity contribution in [1.82, 2.24) is 4.90 Å². The zero-order valence-electron chi connectivity index (χ0n) is 24.8. The Morgan fingerprint density at radius 1 is 0.810 bits per heavy atom. The summed E-state index contributed by atoms with van der Waals surface area (Å²) in [6, 6.07) is 21.4. The van der Waals surface area contributed by atoms with Crippen molar-refractivity contribution in [2.75, 3.05) is 26.4 Å². The normalized spacial score (nSPS) is 16.1. The van der Waals surface area contributed by atoms with Crippen molar-refractivity contribution in [3.8, 4) is 17.2 Å². The predicted molar refractivity (Wildman–Crippen MR) is 164 cm³/mol. The molecule has 3 aromatic rings. The number of unbranched alkanes of at least 4 members (excludes halogenated alkanes) is 2. The molecule has 1 amide bonds. The summed E-state index contributed by atoms with van der Waals surface area (Å²) in [5, 5.41) is 11.5. The summed E-state index contributed by atoms with van der Waals surface area (Å²) < 4.78 is 17.6. The fourth-order valence-corrected chi connectivity index (χ4v) is 5.05. The number of benzene rings is 3. The number of carbonyl (C=O) groups excluding carboxylic acids is 2. The summed E-state index contributed by atoms with van der Waals surface area (Å²) in [4.78, 5) is 28.5. The molecule has 0 radical (unpaired) electrons. The first-order valence-electron chi connectivity index (χ1n) is 14.9. The van der Waals surface area contributed by atoms with Gasteiger partial charge in [-0.1, -0.05) is 63.1 Å². The lowest BCUT2D eigenvalue weighted by molar-refractivity contribution is -0.139. The maximum Gasteiger partial charge on any atom is 0.295 e. The number of nitrogens with zero attached hydrogens (tertiary/aromatic N) is 1. The molecule has 1 heterocycles. The van der Waals surface area contributed by atoms with E-state index in [-0.39, 0.29) is 11.3 Å². The Morgan fingerprint density at radius 2 is 1.57 bits per heavy atom. The second-order valence-electron chi connectivity index (χ2n) is 10.3. The zero-order valence-corrected chi connectivity index (χ0v) is 24.8. The largest absolute Gasteiger partial charge is 0.507 e. The van der Waals surface area contributed by atoms with Gasteiger partial charge in [-0.25, -0.2) is 0 Å². The highest BCUT2D eigenvalue weighted by Crippen LogP contribution is 2.42. The van der Waals surface area contributed by atoms with Gasteiger partial charge in [0, 0.05) is 12.1 Å². The number of ketones is 1. The molecule has 222 valence electrons. The Hall–Kier alpha value is -4.26. The fourth-order valence-electron chi connectivity index (χ4n) is 5.05. The third kappa shape index (κ3) is 7.32. The lowest BCUT2D eigenvalue weighted by Gasteiger charge is -2.26. The van der Waals surface area contributed by atoms with Gasteiger partial charge in [0.05, 0.1) is 31.4 Å². The van der Waals surface area contributed by atoms with Crippen molar-refractivity contribution < 1.29 is 28.9 Å². The lowest BCUT2D eigenvalue weighted by Crippen LogP contribution is -2.31. The van der Waals surface area contributed by atoms with Gasteiger partial charge in [-0.3, -0.25) is 9.59 Å². The smallest absolute Gasteiger partial charge is 0.295 e. The monoisotopic (exact) mass is 571 g/mol. The van der Waals surface area contributed by atoms with Gasteiger partial charge in [0.25, 0.3) is 11.7 Å². The molecule has 1 aliphatic rings. The van der Waals surface area contributed by atoms with Gasteiger partial charge < -0.3 is 24.2 Å². The number of ether oxygens (including phenoxy) is 3. The summed E-state index contributed by atoms with van der Waals surface area (Å²) >= 11 is 0. The number of amides is 1. The number of hydrogen-bond donors (Lipinski definition) is 1. The maximum atomic E-state index is 13.5. The van der Waals surface area contributed by atoms with Crippen LogP contribution in [0.5, 0.6) is 17.2 Å². The molecule has 7 heteroatoms. The van der Waals surface area contributed by atoms with Crippen molar-refractivity contribution in [3.63, 3.8) is 0 Å². The molecule has 7 nitrogen and oxygen atoms in total. The number of Topliss-reactive ketones (excluding diaryl/α,β-unsaturated/α-hetero) is 1. The summed E-state index contributed by atoms with van der Waals surface area (Å²) in [5.41, 5.74) is 2.20. The van der Waals surface area contributed by atoms with Crippen LogP contribution < -0.4 is 14.2 Å². The van der Waals surface area contributed by atoms with Crippen LogP contribution >= 0.6 is 0 Å². The van der Waals surface area contributed by atoms with Gasteiger partial charge in [-0.2, -0.15) is 0 Å². The molecule has 42 heavy (non-hydrogen) atoms. The van der Waals surface area contributed by atoms with Crippen molar-refractivity contribution in [2.24, 2.45) is 0 Å². The Morgan fingerprint density at radius 3 is 2.26 bits per heavy atom. The van der Waals surface area contributed by atoms with E-state index in [4.69, 9.17) is 14.2 Å². The Labute approximate surface area is 248 Å². The molecule has 3 aromatic carbocycles. The first-order chi connectivity index (χ1) is 20.5. The maximum absolute atomic E-state index is 13.5. The van der Waals surface area contributed by atoms with E-state index < -0.39 is 17.7 Å². The molecular weight excluding hydrogens is 530 g/mol. The van der Waals surface area contributed by atoms with Crippen LogP contribution in [0, 0.1) is 0 Å². The minimum absolute atomic E-state index is 0.0503. The second-order valence-corrected chi connectivity index (χ2v) is 10.3. The molecule has 1 fully saturated rings. The number of carbonyl (C=O) groups is 2. The van der Waals surface area contributed by atoms with E-state index in [1.165, 1.54) is 0 Å². The lowest BCUT2D eigenvalue weighted by atomic mass is 9.94. The third-order valence-corrected chi connectivity index (χ3v) is 7.21. The molecule has 0 aliphatic carbocycles. The van der Waals surface area contributed by atoms with Crippen LogP contribution in [0.4, 0.5) is 0 Å². The van der Waals surface area contributed by atoms with Gasteiger partial charge in [-0.05, 0) is 73.7 Å². The molecule has 1 N–H and O–H groups in total. The van der Waals surface area contributed by atoms with Crippen LogP contribution in [0.2, 0.25) is 0 Å². The number of likely N-dealkylation sites (tertiary alicyclic amines) is 1. The number of hydrogen-bond acceptors (Lipinski definition) is 6. The van der Waals surface area contributed by atoms with E-state index in [0.717, 1.165) is 31.2 Å². The molecule has 0 bridgehead atoms. The molecule has 0 spiro atoms. The Kier molecular flexibility index (Phi) is 11.0. The van der Waals surface area contributed by atoms with Crippen LogP contribution in [0.25, 0.3) is 5.76 Å². The number of aliphatic hydroxyl groups is 1. The molecule has 1 aliphatic heterocycles. The topological polar surface area (TPSA) is 85.3 Å². The molecule has 1 saturated heterocycles. The van der Waals surface area contributed by atoms with Gasteiger partial charge in [0.15, 0.2) is 11.5 Å². The van der Waals surface area contributed by atoms with E-state index in [1.54, 1.807) is 29.2 Å². The summed E-state index contributed by atoms with van der Waals surface area (Å²) in [5.74, 6) is 0.246. The molecule has 0 aromatic heterocycles. The first-order valence-corrected chi connectivity index (χ1v) is 14.9. The van der Waals surface area contributed by atoms with Gasteiger partial charge in [0.1, 0.15) is 11.5 Å². The second kappa shape index (κ2) is 15.1. The van der Waals surface area contributed by atoms with Gasteiger partial charge in [0.2, 0.25) is 0 Å². The van der Waals surface area contributed by atoms with E-state index in [9.17, 15) is 14.7 Å². The minimum atomic E-state index is -0.793. The van der Waals surface area contributed by atoms with Gasteiger partial charge in [-0.15, -0.1) is 0 Å². The summed E-state index contributed by atoms with van der Waals surface area (Å²) in [6.45, 7) is 7.95. The molecular formula is C35H41NO6. The van der Waals surface area contributed by atoms with Crippen LogP contribution in [0.3, 0.4) is 0 Å². The highest BCUT2D eigenvalue weighted by molar-refractivity contribution is 6.46. The van der Waals surface area contributed by atoms with E-state index in [2.05, 4.69) is 6.92 Å². The first kappa shape index (κ1) is 30.7. The van der Waals surface area contributed by atoms with Crippen molar-refractivity contribution >= 4 is 17.4 Å². The quantitative estimate of drug-likeness (QED) is 0.0906. The van der Waals surface area contributed by atoms with Crippen LogP contribution in [0.1, 0.15) is 69.2 Å². The molecule has 1 atom stereocenters. The SMILES string of the molecule is CCCCCOc1ccc(C2/C(=C(\O)c3ccc(OCCC)cc3)C(=O)C(=O)N2CCc2ccccc2)cc1OCC. The van der Waals surface area contributed by atoms with Crippen LogP contribution in [-0.2, 0) is 16.0 Å². The summed E-state index contributed by atoms with van der Waals surface area (Å²) in [7, 11) is 0. The van der Waals surface area contributed by atoms with E-state index in [0.29, 0.717) is 61.2 Å². The standard InChI is InChI=1S/C35H41NO6/c1-4-7-11-23-42-29-19-16-27(24-30(29)40-6-3)32-31(33(37)26-14-17-28(18-15-26)41-22-5-2)34(38)35(39)36(32)21-20-25-12-9-8-10-13-25/h8-10,12-19,24,32,37H,4-7,11,20-23H2,1-3H3/b33-31+. The van der Waals surface area contributed by atoms with Gasteiger partial charge >= 0.3 is 0 Å². The van der Waals surface area contributed by atoms with Crippen molar-refractivity contribution in [1.29, 1.82) is 0 Å². The molecule has 0 saturated carbocycles. The van der Waals surface area contributed by atoms with Crippen molar-refractivity contribution in [3.05, 3.63) is 95.1 Å². The van der Waals surface area contributed by atoms with E-state index >= 15 is 0 Å². The highest BCUT2D eigenvalue weighted by atomic mass is 16.5. The molecule has 1 unspecified atom stereocenters. The van der Waals surface area contributed by atoms with Crippen molar-refractivity contribution in [2.45, 2.75) is 58.9 Å². The van der Waals surface area contributed by atoms with Crippen LogP contribution in [0.15, 0.2) is 78.4 Å². The average molecular weight is 572 g/mol. The summed E-state index contributed by atoms with van der Waals surface area (Å²) in [6.07, 6.45) is 4.54. The Balaban J connectivity index is 1.74. The highest BCUT2D eigenvalue weighted by Gasteiger charge is 2.46. The zero-order chi connectivity index (χ0) is 29.9. The number of rotatable bonds is 15. The molecule has 4 rings (SSSR count). The minimum Gasteiger partial charge on any atom is -0.507 e. The average Bonchev–Trinajstić information content (AvgIpc) is 3.27.